The third kappa shape index (κ3) is 3.96. The van der Waals surface area contributed by atoms with Gasteiger partial charge in [-0.25, -0.2) is 0 Å². The lowest BCUT2D eigenvalue weighted by Gasteiger charge is -2.14. The van der Waals surface area contributed by atoms with Crippen LogP contribution in [0.2, 0.25) is 0 Å². The average molecular weight is 284 g/mol. The molecule has 2 atom stereocenters. The van der Waals surface area contributed by atoms with Crippen LogP contribution in [0.25, 0.3) is 0 Å². The standard InChI is InChI=1S/C13H20N2O3S/c1-4-7-15-13(16)9(2)19(17)12-6-5-10(14)8-11(12)18-3/h5-6,8-9H,4,7,14H2,1-3H3,(H,15,16). The highest BCUT2D eigenvalue weighted by Gasteiger charge is 2.23. The molecule has 6 heteroatoms. The van der Waals surface area contributed by atoms with E-state index < -0.39 is 16.0 Å². The number of methoxy groups -OCH3 is 1. The monoisotopic (exact) mass is 284 g/mol. The van der Waals surface area contributed by atoms with E-state index in [4.69, 9.17) is 10.5 Å². The van der Waals surface area contributed by atoms with Crippen LogP contribution in [-0.2, 0) is 15.6 Å². The maximum atomic E-state index is 12.4. The Hall–Kier alpha value is -1.56. The SMILES string of the molecule is CCCNC(=O)C(C)S(=O)c1ccc(N)cc1OC. The molecule has 0 saturated heterocycles. The van der Waals surface area contributed by atoms with Gasteiger partial charge in [0.15, 0.2) is 0 Å². The smallest absolute Gasteiger partial charge is 0.235 e. The molecule has 1 amide bonds. The molecule has 0 radical (unpaired) electrons. The van der Waals surface area contributed by atoms with Crippen LogP contribution >= 0.6 is 0 Å². The summed E-state index contributed by atoms with van der Waals surface area (Å²) < 4.78 is 17.5. The van der Waals surface area contributed by atoms with E-state index >= 15 is 0 Å². The molecule has 0 saturated carbocycles. The lowest BCUT2D eigenvalue weighted by atomic mass is 10.3. The van der Waals surface area contributed by atoms with Gasteiger partial charge in [0.2, 0.25) is 5.91 Å². The van der Waals surface area contributed by atoms with Crippen LogP contribution in [0.1, 0.15) is 20.3 Å². The van der Waals surface area contributed by atoms with Gasteiger partial charge in [-0.1, -0.05) is 6.92 Å². The molecule has 106 valence electrons. The zero-order valence-electron chi connectivity index (χ0n) is 11.4. The van der Waals surface area contributed by atoms with Gasteiger partial charge in [-0.15, -0.1) is 0 Å². The summed E-state index contributed by atoms with van der Waals surface area (Å²) in [6, 6.07) is 4.88. The van der Waals surface area contributed by atoms with Crippen molar-refractivity contribution >= 4 is 22.4 Å². The Kier molecular flexibility index (Phi) is 5.82. The van der Waals surface area contributed by atoms with Crippen molar-refractivity contribution in [3.63, 3.8) is 0 Å². The molecule has 5 nitrogen and oxygen atoms in total. The normalized spacial score (nSPS) is 13.6. The summed E-state index contributed by atoms with van der Waals surface area (Å²) in [5.74, 6) is 0.215. The van der Waals surface area contributed by atoms with Gasteiger partial charge in [0, 0.05) is 18.3 Å². The fourth-order valence-electron chi connectivity index (χ4n) is 1.53. The molecule has 0 aliphatic carbocycles. The molecule has 0 aromatic heterocycles. The zero-order valence-corrected chi connectivity index (χ0v) is 12.3. The van der Waals surface area contributed by atoms with Crippen molar-refractivity contribution in [2.24, 2.45) is 0 Å². The second-order valence-corrected chi connectivity index (χ2v) is 5.88. The minimum atomic E-state index is -1.47. The molecule has 0 aliphatic rings. The number of ether oxygens (including phenoxy) is 1. The molecular weight excluding hydrogens is 264 g/mol. The van der Waals surface area contributed by atoms with Crippen molar-refractivity contribution in [1.82, 2.24) is 5.32 Å². The van der Waals surface area contributed by atoms with Crippen molar-refractivity contribution in [2.45, 2.75) is 30.4 Å². The van der Waals surface area contributed by atoms with Crippen LogP contribution in [-0.4, -0.2) is 29.0 Å². The number of carbonyl (C=O) groups is 1. The quantitative estimate of drug-likeness (QED) is 0.771. The molecular formula is C13H20N2O3S. The largest absolute Gasteiger partial charge is 0.495 e. The number of rotatable bonds is 6. The molecule has 1 aromatic carbocycles. The molecule has 0 aliphatic heterocycles. The maximum Gasteiger partial charge on any atom is 0.235 e. The first kappa shape index (κ1) is 15.5. The first-order valence-electron chi connectivity index (χ1n) is 6.13. The molecule has 19 heavy (non-hydrogen) atoms. The summed E-state index contributed by atoms with van der Waals surface area (Å²) in [7, 11) is 0.00941. The van der Waals surface area contributed by atoms with Crippen LogP contribution in [0, 0.1) is 0 Å². The second kappa shape index (κ2) is 7.13. The number of nitrogen functional groups attached to an aromatic ring is 1. The predicted octanol–water partition coefficient (Wildman–Crippen LogP) is 1.30. The Morgan fingerprint density at radius 3 is 2.79 bits per heavy atom. The van der Waals surface area contributed by atoms with E-state index in [0.717, 1.165) is 6.42 Å². The number of benzene rings is 1. The van der Waals surface area contributed by atoms with Crippen LogP contribution in [0.5, 0.6) is 5.75 Å². The third-order valence-electron chi connectivity index (χ3n) is 2.64. The molecule has 1 aromatic rings. The van der Waals surface area contributed by atoms with E-state index in [9.17, 15) is 9.00 Å². The Bertz CT molecular complexity index is 477. The molecule has 2 unspecified atom stereocenters. The summed E-state index contributed by atoms with van der Waals surface area (Å²) in [5, 5.41) is 2.10. The lowest BCUT2D eigenvalue weighted by molar-refractivity contribution is -0.120. The number of nitrogens with one attached hydrogen (secondary N) is 1. The van der Waals surface area contributed by atoms with Crippen LogP contribution in [0.4, 0.5) is 5.69 Å². The summed E-state index contributed by atoms with van der Waals surface area (Å²) in [4.78, 5) is 12.3. The Labute approximate surface area is 116 Å². The molecule has 0 heterocycles. The molecule has 1 rings (SSSR count). The average Bonchev–Trinajstić information content (AvgIpc) is 2.42. The van der Waals surface area contributed by atoms with E-state index in [-0.39, 0.29) is 5.91 Å². The summed E-state index contributed by atoms with van der Waals surface area (Å²) in [6.45, 7) is 4.18. The van der Waals surface area contributed by atoms with E-state index in [2.05, 4.69) is 5.32 Å². The fourth-order valence-corrected chi connectivity index (χ4v) is 2.73. The lowest BCUT2D eigenvalue weighted by Crippen LogP contribution is -2.35. The molecule has 0 spiro atoms. The predicted molar refractivity (Wildman–Crippen MR) is 76.6 cm³/mol. The first-order chi connectivity index (χ1) is 9.01. The van der Waals surface area contributed by atoms with Gasteiger partial charge in [-0.3, -0.25) is 9.00 Å². The Morgan fingerprint density at radius 1 is 1.53 bits per heavy atom. The van der Waals surface area contributed by atoms with Crippen molar-refractivity contribution in [1.29, 1.82) is 0 Å². The highest BCUT2D eigenvalue weighted by atomic mass is 32.2. The van der Waals surface area contributed by atoms with Gasteiger partial charge in [0.25, 0.3) is 0 Å². The van der Waals surface area contributed by atoms with Crippen LogP contribution in [0.15, 0.2) is 23.1 Å². The van der Waals surface area contributed by atoms with Gasteiger partial charge in [-0.2, -0.15) is 0 Å². The van der Waals surface area contributed by atoms with Crippen LogP contribution < -0.4 is 15.8 Å². The number of carbonyl (C=O) groups excluding carboxylic acids is 1. The summed E-state index contributed by atoms with van der Waals surface area (Å²) in [5.41, 5.74) is 6.18. The number of amides is 1. The highest BCUT2D eigenvalue weighted by Crippen LogP contribution is 2.26. The Morgan fingerprint density at radius 2 is 2.21 bits per heavy atom. The van der Waals surface area contributed by atoms with Gasteiger partial charge in [-0.05, 0) is 25.5 Å². The van der Waals surface area contributed by atoms with Gasteiger partial charge >= 0.3 is 0 Å². The summed E-state index contributed by atoms with van der Waals surface area (Å²) >= 11 is 0. The van der Waals surface area contributed by atoms with E-state index in [0.29, 0.717) is 22.9 Å². The van der Waals surface area contributed by atoms with E-state index in [1.165, 1.54) is 7.11 Å². The zero-order chi connectivity index (χ0) is 14.4. The summed E-state index contributed by atoms with van der Waals surface area (Å²) in [6.07, 6.45) is 0.844. The number of anilines is 1. The van der Waals surface area contributed by atoms with Crippen molar-refractivity contribution < 1.29 is 13.7 Å². The number of nitrogens with two attached hydrogens (primary N) is 1. The Balaban J connectivity index is 2.90. The fraction of sp³-hybridized carbons (Fsp3) is 0.462. The molecule has 0 bridgehead atoms. The van der Waals surface area contributed by atoms with Gasteiger partial charge < -0.3 is 15.8 Å². The molecule has 0 fully saturated rings. The number of hydrogen-bond donors (Lipinski definition) is 2. The van der Waals surface area contributed by atoms with Crippen molar-refractivity contribution in [3.05, 3.63) is 18.2 Å². The van der Waals surface area contributed by atoms with Crippen molar-refractivity contribution in [3.8, 4) is 5.75 Å². The van der Waals surface area contributed by atoms with E-state index in [1.54, 1.807) is 25.1 Å². The highest BCUT2D eigenvalue weighted by molar-refractivity contribution is 7.86. The third-order valence-corrected chi connectivity index (χ3v) is 4.27. The number of hydrogen-bond acceptors (Lipinski definition) is 4. The van der Waals surface area contributed by atoms with E-state index in [1.807, 2.05) is 6.92 Å². The van der Waals surface area contributed by atoms with Gasteiger partial charge in [0.1, 0.15) is 11.0 Å². The van der Waals surface area contributed by atoms with Gasteiger partial charge in [0.05, 0.1) is 22.8 Å². The maximum absolute atomic E-state index is 12.4. The van der Waals surface area contributed by atoms with Crippen molar-refractivity contribution in [2.75, 3.05) is 19.4 Å². The minimum absolute atomic E-state index is 0.223. The minimum Gasteiger partial charge on any atom is -0.495 e. The first-order valence-corrected chi connectivity index (χ1v) is 7.34. The second-order valence-electron chi connectivity index (χ2n) is 4.14. The van der Waals surface area contributed by atoms with Crippen LogP contribution in [0.3, 0.4) is 0 Å². The topological polar surface area (TPSA) is 81.4 Å². The molecule has 3 N–H and O–H groups in total.